The Hall–Kier alpha value is -0.620. The molecular weight excluding hydrogens is 296 g/mol. The van der Waals surface area contributed by atoms with Crippen LogP contribution in [0.2, 0.25) is 0 Å². The first kappa shape index (κ1) is 15.8. The SMILES string of the molecule is CN1CCN(S(=O)(=O)c2ccccc2CCl)CC1(C)C. The van der Waals surface area contributed by atoms with E-state index in [1.165, 1.54) is 0 Å². The van der Waals surface area contributed by atoms with Crippen LogP contribution in [-0.4, -0.2) is 49.8 Å². The normalized spacial score (nSPS) is 21.0. The Bertz CT molecular complexity index is 587. The van der Waals surface area contributed by atoms with E-state index in [1.807, 2.05) is 13.1 Å². The second-order valence-corrected chi connectivity index (χ2v) is 7.99. The summed E-state index contributed by atoms with van der Waals surface area (Å²) < 4.78 is 27.2. The van der Waals surface area contributed by atoms with Gasteiger partial charge in [-0.15, -0.1) is 11.6 Å². The lowest BCUT2D eigenvalue weighted by Gasteiger charge is -2.44. The van der Waals surface area contributed by atoms with Gasteiger partial charge in [0.05, 0.1) is 4.90 Å². The van der Waals surface area contributed by atoms with Crippen molar-refractivity contribution in [3.63, 3.8) is 0 Å². The molecular formula is C14H21ClN2O2S. The van der Waals surface area contributed by atoms with Gasteiger partial charge in [0.25, 0.3) is 0 Å². The van der Waals surface area contributed by atoms with Crippen LogP contribution in [0.15, 0.2) is 29.2 Å². The summed E-state index contributed by atoms with van der Waals surface area (Å²) in [5.41, 5.74) is 0.493. The van der Waals surface area contributed by atoms with Gasteiger partial charge in [0, 0.05) is 31.1 Å². The minimum absolute atomic E-state index is 0.165. The van der Waals surface area contributed by atoms with E-state index in [0.29, 0.717) is 23.5 Å². The Balaban J connectivity index is 2.36. The Morgan fingerprint density at radius 2 is 1.90 bits per heavy atom. The van der Waals surface area contributed by atoms with Crippen molar-refractivity contribution < 1.29 is 8.42 Å². The summed E-state index contributed by atoms with van der Waals surface area (Å²) in [6.45, 7) is 5.85. The van der Waals surface area contributed by atoms with E-state index in [2.05, 4.69) is 18.7 Å². The first-order valence-electron chi connectivity index (χ1n) is 6.64. The molecule has 0 atom stereocenters. The van der Waals surface area contributed by atoms with E-state index in [-0.39, 0.29) is 11.4 Å². The maximum atomic E-state index is 12.8. The number of piperazine rings is 1. The van der Waals surface area contributed by atoms with Crippen molar-refractivity contribution >= 4 is 21.6 Å². The zero-order chi connectivity index (χ0) is 15.0. The highest BCUT2D eigenvalue weighted by molar-refractivity contribution is 7.89. The number of hydrogen-bond donors (Lipinski definition) is 0. The molecule has 0 amide bonds. The Morgan fingerprint density at radius 3 is 2.50 bits per heavy atom. The van der Waals surface area contributed by atoms with Crippen LogP contribution in [0.3, 0.4) is 0 Å². The smallest absolute Gasteiger partial charge is 0.243 e. The van der Waals surface area contributed by atoms with Crippen LogP contribution in [0.4, 0.5) is 0 Å². The van der Waals surface area contributed by atoms with Gasteiger partial charge < -0.3 is 0 Å². The van der Waals surface area contributed by atoms with Gasteiger partial charge in [0.1, 0.15) is 0 Å². The highest BCUT2D eigenvalue weighted by Crippen LogP contribution is 2.27. The molecule has 20 heavy (non-hydrogen) atoms. The molecule has 0 N–H and O–H groups in total. The topological polar surface area (TPSA) is 40.6 Å². The molecule has 1 aromatic carbocycles. The van der Waals surface area contributed by atoms with Crippen molar-refractivity contribution in [3.8, 4) is 0 Å². The zero-order valence-corrected chi connectivity index (χ0v) is 13.7. The molecule has 0 bridgehead atoms. The molecule has 0 unspecified atom stereocenters. The van der Waals surface area contributed by atoms with E-state index < -0.39 is 10.0 Å². The van der Waals surface area contributed by atoms with Crippen LogP contribution in [0.1, 0.15) is 19.4 Å². The first-order valence-corrected chi connectivity index (χ1v) is 8.62. The molecule has 4 nitrogen and oxygen atoms in total. The highest BCUT2D eigenvalue weighted by atomic mass is 35.5. The molecule has 0 spiro atoms. The Morgan fingerprint density at radius 1 is 1.25 bits per heavy atom. The van der Waals surface area contributed by atoms with Crippen LogP contribution in [0, 0.1) is 0 Å². The number of rotatable bonds is 3. The molecule has 1 heterocycles. The van der Waals surface area contributed by atoms with Crippen molar-refractivity contribution in [1.82, 2.24) is 9.21 Å². The fourth-order valence-electron chi connectivity index (χ4n) is 2.41. The number of benzene rings is 1. The molecule has 1 aliphatic heterocycles. The van der Waals surface area contributed by atoms with Crippen LogP contribution < -0.4 is 0 Å². The van der Waals surface area contributed by atoms with E-state index in [0.717, 1.165) is 6.54 Å². The third-order valence-electron chi connectivity index (χ3n) is 4.02. The second kappa shape index (κ2) is 5.64. The van der Waals surface area contributed by atoms with Crippen molar-refractivity contribution in [1.29, 1.82) is 0 Å². The number of alkyl halides is 1. The molecule has 0 aliphatic carbocycles. The number of sulfonamides is 1. The molecule has 2 rings (SSSR count). The molecule has 0 saturated carbocycles. The lowest BCUT2D eigenvalue weighted by Crippen LogP contribution is -2.58. The third-order valence-corrected chi connectivity index (χ3v) is 6.25. The van der Waals surface area contributed by atoms with Gasteiger partial charge in [-0.05, 0) is 32.5 Å². The summed E-state index contributed by atoms with van der Waals surface area (Å²) in [4.78, 5) is 2.52. The summed E-state index contributed by atoms with van der Waals surface area (Å²) in [5, 5.41) is 0. The standard InChI is InChI=1S/C14H21ClN2O2S/c1-14(2)11-17(9-8-16(14)3)20(18,19)13-7-5-4-6-12(13)10-15/h4-7H,8-11H2,1-3H3. The number of nitrogens with zero attached hydrogens (tertiary/aromatic N) is 2. The minimum atomic E-state index is -3.48. The summed E-state index contributed by atoms with van der Waals surface area (Å²) in [5.74, 6) is 0.201. The van der Waals surface area contributed by atoms with Crippen molar-refractivity contribution in [2.45, 2.75) is 30.2 Å². The van der Waals surface area contributed by atoms with E-state index in [4.69, 9.17) is 11.6 Å². The summed E-state index contributed by atoms with van der Waals surface area (Å²) >= 11 is 5.87. The van der Waals surface area contributed by atoms with Gasteiger partial charge in [0.2, 0.25) is 10.0 Å². The van der Waals surface area contributed by atoms with Crippen molar-refractivity contribution in [2.75, 3.05) is 26.7 Å². The highest BCUT2D eigenvalue weighted by Gasteiger charge is 2.37. The largest absolute Gasteiger partial charge is 0.299 e. The van der Waals surface area contributed by atoms with Gasteiger partial charge in [-0.2, -0.15) is 4.31 Å². The number of hydrogen-bond acceptors (Lipinski definition) is 3. The van der Waals surface area contributed by atoms with E-state index >= 15 is 0 Å². The lowest BCUT2D eigenvalue weighted by molar-refractivity contribution is 0.0801. The second-order valence-electron chi connectivity index (χ2n) is 5.81. The van der Waals surface area contributed by atoms with Crippen molar-refractivity contribution in [3.05, 3.63) is 29.8 Å². The predicted octanol–water partition coefficient (Wildman–Crippen LogP) is 2.14. The fraction of sp³-hybridized carbons (Fsp3) is 0.571. The van der Waals surface area contributed by atoms with Gasteiger partial charge in [-0.3, -0.25) is 4.90 Å². The molecule has 112 valence electrons. The molecule has 6 heteroatoms. The quantitative estimate of drug-likeness (QED) is 0.802. The molecule has 0 aromatic heterocycles. The van der Waals surface area contributed by atoms with Gasteiger partial charge in [-0.1, -0.05) is 18.2 Å². The Kier molecular flexibility index (Phi) is 4.44. The van der Waals surface area contributed by atoms with Crippen LogP contribution in [0.5, 0.6) is 0 Å². The molecule has 1 aromatic rings. The predicted molar refractivity (Wildman–Crippen MR) is 81.5 cm³/mol. The van der Waals surface area contributed by atoms with E-state index in [1.54, 1.807) is 22.5 Å². The molecule has 0 radical (unpaired) electrons. The third kappa shape index (κ3) is 2.86. The maximum absolute atomic E-state index is 12.8. The molecule has 1 fully saturated rings. The summed E-state index contributed by atoms with van der Waals surface area (Å²) in [6, 6.07) is 6.95. The van der Waals surface area contributed by atoms with Crippen LogP contribution in [-0.2, 0) is 15.9 Å². The first-order chi connectivity index (χ1) is 9.29. The number of halogens is 1. The fourth-order valence-corrected chi connectivity index (χ4v) is 4.53. The average Bonchev–Trinajstić information content (AvgIpc) is 2.41. The summed E-state index contributed by atoms with van der Waals surface area (Å²) in [7, 11) is -1.45. The lowest BCUT2D eigenvalue weighted by atomic mass is 10.0. The maximum Gasteiger partial charge on any atom is 0.243 e. The average molecular weight is 317 g/mol. The minimum Gasteiger partial charge on any atom is -0.299 e. The Labute approximate surface area is 126 Å². The van der Waals surface area contributed by atoms with Gasteiger partial charge in [0.15, 0.2) is 0 Å². The van der Waals surface area contributed by atoms with Crippen LogP contribution >= 0.6 is 11.6 Å². The van der Waals surface area contributed by atoms with Gasteiger partial charge in [-0.25, -0.2) is 8.42 Å². The van der Waals surface area contributed by atoms with Crippen LogP contribution in [0.25, 0.3) is 0 Å². The molecule has 1 saturated heterocycles. The van der Waals surface area contributed by atoms with Gasteiger partial charge >= 0.3 is 0 Å². The van der Waals surface area contributed by atoms with Crippen molar-refractivity contribution in [2.24, 2.45) is 0 Å². The zero-order valence-electron chi connectivity index (χ0n) is 12.1. The monoisotopic (exact) mass is 316 g/mol. The molecule has 1 aliphatic rings. The number of likely N-dealkylation sites (N-methyl/N-ethyl adjacent to an activating group) is 1. The summed E-state index contributed by atoms with van der Waals surface area (Å²) in [6.07, 6.45) is 0. The van der Waals surface area contributed by atoms with E-state index in [9.17, 15) is 8.42 Å².